The van der Waals surface area contributed by atoms with E-state index in [1.54, 1.807) is 19.2 Å². The first-order valence-corrected chi connectivity index (χ1v) is 11.1. The minimum atomic E-state index is -0.290. The van der Waals surface area contributed by atoms with Gasteiger partial charge in [0.25, 0.3) is 0 Å². The maximum atomic E-state index is 12.1. The zero-order chi connectivity index (χ0) is 19.6. The average Bonchev–Trinajstić information content (AvgIpc) is 2.70. The highest BCUT2D eigenvalue weighted by Gasteiger charge is 2.12. The Morgan fingerprint density at radius 2 is 1.22 bits per heavy atom. The van der Waals surface area contributed by atoms with E-state index in [-0.39, 0.29) is 5.97 Å². The fraction of sp³-hybridized carbons (Fsp3) is 0.708. The maximum absolute atomic E-state index is 12.1. The number of carbonyl (C=O) groups excluding carboxylic acids is 1. The number of ether oxygens (including phenoxy) is 2. The lowest BCUT2D eigenvalue weighted by atomic mass is 10.0. The second-order valence-electron chi connectivity index (χ2n) is 7.43. The largest absolute Gasteiger partial charge is 0.496 e. The fourth-order valence-electron chi connectivity index (χ4n) is 3.35. The Balaban J connectivity index is 1.88. The molecule has 0 aliphatic rings. The van der Waals surface area contributed by atoms with Crippen molar-refractivity contribution in [1.29, 1.82) is 0 Å². The molecule has 0 bridgehead atoms. The first-order valence-electron chi connectivity index (χ1n) is 11.1. The van der Waals surface area contributed by atoms with E-state index in [9.17, 15) is 4.79 Å². The molecule has 0 N–H and O–H groups in total. The number of esters is 1. The summed E-state index contributed by atoms with van der Waals surface area (Å²) in [5, 5.41) is 0. The molecule has 1 aromatic carbocycles. The van der Waals surface area contributed by atoms with E-state index in [4.69, 9.17) is 9.47 Å². The highest BCUT2D eigenvalue weighted by molar-refractivity contribution is 5.92. The van der Waals surface area contributed by atoms with Crippen LogP contribution in [0.5, 0.6) is 5.75 Å². The van der Waals surface area contributed by atoms with Crippen molar-refractivity contribution in [3.05, 3.63) is 29.8 Å². The molecule has 1 rings (SSSR count). The quantitative estimate of drug-likeness (QED) is 0.211. The Bertz CT molecular complexity index is 484. The van der Waals surface area contributed by atoms with E-state index in [1.807, 2.05) is 12.1 Å². The molecular weight excluding hydrogens is 336 g/mol. The van der Waals surface area contributed by atoms with Gasteiger partial charge in [-0.05, 0) is 18.6 Å². The van der Waals surface area contributed by atoms with Crippen LogP contribution < -0.4 is 4.74 Å². The molecular formula is C24H40O3. The van der Waals surface area contributed by atoms with Crippen LogP contribution in [0, 0.1) is 0 Å². The van der Waals surface area contributed by atoms with Gasteiger partial charge in [-0.25, -0.2) is 4.79 Å². The van der Waals surface area contributed by atoms with Gasteiger partial charge in [-0.2, -0.15) is 0 Å². The van der Waals surface area contributed by atoms with Gasteiger partial charge in [-0.3, -0.25) is 0 Å². The van der Waals surface area contributed by atoms with Gasteiger partial charge in [0.1, 0.15) is 11.3 Å². The Morgan fingerprint density at radius 1 is 0.741 bits per heavy atom. The van der Waals surface area contributed by atoms with E-state index in [0.29, 0.717) is 17.9 Å². The van der Waals surface area contributed by atoms with Crippen LogP contribution >= 0.6 is 0 Å². The number of benzene rings is 1. The highest BCUT2D eigenvalue weighted by Crippen LogP contribution is 2.18. The number of hydrogen-bond donors (Lipinski definition) is 0. The van der Waals surface area contributed by atoms with Crippen molar-refractivity contribution in [2.24, 2.45) is 0 Å². The molecule has 0 fully saturated rings. The summed E-state index contributed by atoms with van der Waals surface area (Å²) in [4.78, 5) is 12.1. The van der Waals surface area contributed by atoms with E-state index in [0.717, 1.165) is 12.8 Å². The van der Waals surface area contributed by atoms with Crippen molar-refractivity contribution >= 4 is 5.97 Å². The molecule has 0 atom stereocenters. The summed E-state index contributed by atoms with van der Waals surface area (Å²) in [6.45, 7) is 2.77. The molecule has 0 saturated heterocycles. The van der Waals surface area contributed by atoms with Crippen LogP contribution in [0.3, 0.4) is 0 Å². The monoisotopic (exact) mass is 376 g/mol. The molecule has 0 aromatic heterocycles. The molecule has 0 aliphatic heterocycles. The first-order chi connectivity index (χ1) is 13.3. The first kappa shape index (κ1) is 23.5. The van der Waals surface area contributed by atoms with Gasteiger partial charge in [-0.15, -0.1) is 0 Å². The van der Waals surface area contributed by atoms with Gasteiger partial charge in [0.2, 0.25) is 0 Å². The summed E-state index contributed by atoms with van der Waals surface area (Å²) >= 11 is 0. The van der Waals surface area contributed by atoms with Crippen molar-refractivity contribution in [3.63, 3.8) is 0 Å². The topological polar surface area (TPSA) is 35.5 Å². The van der Waals surface area contributed by atoms with Crippen LogP contribution in [0.2, 0.25) is 0 Å². The molecule has 3 heteroatoms. The van der Waals surface area contributed by atoms with Crippen LogP contribution in [0.1, 0.15) is 107 Å². The smallest absolute Gasteiger partial charge is 0.341 e. The minimum Gasteiger partial charge on any atom is -0.496 e. The average molecular weight is 377 g/mol. The summed E-state index contributed by atoms with van der Waals surface area (Å²) < 4.78 is 10.6. The third-order valence-corrected chi connectivity index (χ3v) is 5.06. The van der Waals surface area contributed by atoms with Gasteiger partial charge >= 0.3 is 5.97 Å². The summed E-state index contributed by atoms with van der Waals surface area (Å²) in [5.74, 6) is 0.283. The molecule has 0 amide bonds. The Morgan fingerprint density at radius 3 is 1.74 bits per heavy atom. The Hall–Kier alpha value is -1.51. The third kappa shape index (κ3) is 11.7. The lowest BCUT2D eigenvalue weighted by Crippen LogP contribution is -2.08. The number of methoxy groups -OCH3 is 1. The molecule has 0 spiro atoms. The standard InChI is InChI=1S/C24H40O3/c1-3-4-5-6-7-8-9-10-11-12-13-14-15-18-21-27-24(25)22-19-16-17-20-23(22)26-2/h16-17,19-20H,3-15,18,21H2,1-2H3. The van der Waals surface area contributed by atoms with Crippen molar-refractivity contribution in [2.45, 2.75) is 96.8 Å². The predicted octanol–water partition coefficient (Wildman–Crippen LogP) is 7.33. The van der Waals surface area contributed by atoms with Crippen LogP contribution in [-0.4, -0.2) is 19.7 Å². The molecule has 0 heterocycles. The lowest BCUT2D eigenvalue weighted by Gasteiger charge is -2.08. The van der Waals surface area contributed by atoms with Gasteiger partial charge in [0, 0.05) is 0 Å². The maximum Gasteiger partial charge on any atom is 0.341 e. The molecule has 0 saturated carbocycles. The second kappa shape index (κ2) is 16.6. The molecule has 0 unspecified atom stereocenters. The lowest BCUT2D eigenvalue weighted by molar-refractivity contribution is 0.0494. The van der Waals surface area contributed by atoms with E-state index < -0.39 is 0 Å². The molecule has 1 aromatic rings. The van der Waals surface area contributed by atoms with Crippen LogP contribution in [0.25, 0.3) is 0 Å². The van der Waals surface area contributed by atoms with Gasteiger partial charge < -0.3 is 9.47 Å². The minimum absolute atomic E-state index is 0.290. The summed E-state index contributed by atoms with van der Waals surface area (Å²) in [7, 11) is 1.57. The molecule has 154 valence electrons. The highest BCUT2D eigenvalue weighted by atomic mass is 16.5. The van der Waals surface area contributed by atoms with E-state index >= 15 is 0 Å². The van der Waals surface area contributed by atoms with Crippen LogP contribution in [-0.2, 0) is 4.74 Å². The van der Waals surface area contributed by atoms with Crippen LogP contribution in [0.15, 0.2) is 24.3 Å². The fourth-order valence-corrected chi connectivity index (χ4v) is 3.35. The third-order valence-electron chi connectivity index (χ3n) is 5.06. The predicted molar refractivity (Wildman–Crippen MR) is 114 cm³/mol. The second-order valence-corrected chi connectivity index (χ2v) is 7.43. The molecule has 0 aliphatic carbocycles. The Labute approximate surface area is 166 Å². The zero-order valence-corrected chi connectivity index (χ0v) is 17.6. The van der Waals surface area contributed by atoms with Crippen molar-refractivity contribution in [3.8, 4) is 5.75 Å². The zero-order valence-electron chi connectivity index (χ0n) is 17.6. The van der Waals surface area contributed by atoms with Crippen molar-refractivity contribution in [1.82, 2.24) is 0 Å². The number of hydrogen-bond acceptors (Lipinski definition) is 3. The normalized spacial score (nSPS) is 10.7. The number of unbranched alkanes of at least 4 members (excludes halogenated alkanes) is 13. The van der Waals surface area contributed by atoms with Gasteiger partial charge in [0.05, 0.1) is 13.7 Å². The van der Waals surface area contributed by atoms with E-state index in [2.05, 4.69) is 6.92 Å². The van der Waals surface area contributed by atoms with Crippen LogP contribution in [0.4, 0.5) is 0 Å². The summed E-state index contributed by atoms with van der Waals surface area (Å²) in [6, 6.07) is 7.20. The van der Waals surface area contributed by atoms with Crippen molar-refractivity contribution < 1.29 is 14.3 Å². The number of rotatable bonds is 17. The van der Waals surface area contributed by atoms with E-state index in [1.165, 1.54) is 77.0 Å². The SMILES string of the molecule is CCCCCCCCCCCCCCCCOC(=O)c1ccccc1OC. The number of carbonyl (C=O) groups is 1. The summed E-state index contributed by atoms with van der Waals surface area (Å²) in [5.41, 5.74) is 0.505. The molecule has 3 nitrogen and oxygen atoms in total. The van der Waals surface area contributed by atoms with Gasteiger partial charge in [-0.1, -0.05) is 103 Å². The van der Waals surface area contributed by atoms with Gasteiger partial charge in [0.15, 0.2) is 0 Å². The number of para-hydroxylation sites is 1. The molecule has 27 heavy (non-hydrogen) atoms. The molecule has 0 radical (unpaired) electrons. The Kier molecular flexibility index (Phi) is 14.5. The van der Waals surface area contributed by atoms with Crippen molar-refractivity contribution in [2.75, 3.05) is 13.7 Å². The summed E-state index contributed by atoms with van der Waals surface area (Å²) in [6.07, 6.45) is 18.6.